The molecule has 1 aliphatic heterocycles. The summed E-state index contributed by atoms with van der Waals surface area (Å²) in [5.41, 5.74) is 0.213. The SMILES string of the molecule is CN[C@@H](C)C(=O)N[C@H](C(=O)N1CCc2cc(F)ccc2[C@@H]1C(=O)Nc1c(F)cccc1F)C(C)C. The van der Waals surface area contributed by atoms with Crippen LogP contribution in [0.2, 0.25) is 0 Å². The Morgan fingerprint density at radius 2 is 1.69 bits per heavy atom. The van der Waals surface area contributed by atoms with Gasteiger partial charge >= 0.3 is 0 Å². The van der Waals surface area contributed by atoms with E-state index in [1.54, 1.807) is 27.8 Å². The van der Waals surface area contributed by atoms with Crippen LogP contribution in [0.1, 0.15) is 37.9 Å². The number of halogens is 3. The average molecular weight is 491 g/mol. The Morgan fingerprint density at radius 3 is 2.29 bits per heavy atom. The van der Waals surface area contributed by atoms with Gasteiger partial charge in [0.15, 0.2) is 0 Å². The molecule has 3 N–H and O–H groups in total. The lowest BCUT2D eigenvalue weighted by atomic mass is 9.90. The van der Waals surface area contributed by atoms with Gasteiger partial charge in [-0.15, -0.1) is 0 Å². The number of carbonyl (C=O) groups excluding carboxylic acids is 3. The first-order valence-corrected chi connectivity index (χ1v) is 11.4. The van der Waals surface area contributed by atoms with Crippen LogP contribution >= 0.6 is 0 Å². The van der Waals surface area contributed by atoms with Crippen LogP contribution in [0, 0.1) is 23.4 Å². The third kappa shape index (κ3) is 5.64. The highest BCUT2D eigenvalue weighted by Crippen LogP contribution is 2.33. The molecule has 7 nitrogen and oxygen atoms in total. The molecule has 3 amide bonds. The van der Waals surface area contributed by atoms with Crippen LogP contribution in [0.25, 0.3) is 0 Å². The molecule has 3 rings (SSSR count). The monoisotopic (exact) mass is 490 g/mol. The highest BCUT2D eigenvalue weighted by atomic mass is 19.1. The summed E-state index contributed by atoms with van der Waals surface area (Å²) >= 11 is 0. The predicted octanol–water partition coefficient (Wildman–Crippen LogP) is 2.92. The van der Waals surface area contributed by atoms with E-state index in [9.17, 15) is 27.6 Å². The van der Waals surface area contributed by atoms with Crippen molar-refractivity contribution in [2.75, 3.05) is 18.9 Å². The molecular formula is C25H29F3N4O3. The average Bonchev–Trinajstić information content (AvgIpc) is 2.82. The van der Waals surface area contributed by atoms with E-state index >= 15 is 0 Å². The molecule has 0 saturated carbocycles. The molecule has 2 aromatic rings. The minimum Gasteiger partial charge on any atom is -0.343 e. The molecule has 1 heterocycles. The molecule has 35 heavy (non-hydrogen) atoms. The van der Waals surface area contributed by atoms with Gasteiger partial charge in [-0.1, -0.05) is 26.0 Å². The molecule has 0 aliphatic carbocycles. The van der Waals surface area contributed by atoms with Crippen LogP contribution in [-0.2, 0) is 20.8 Å². The topological polar surface area (TPSA) is 90.5 Å². The van der Waals surface area contributed by atoms with Crippen LogP contribution in [0.4, 0.5) is 18.9 Å². The summed E-state index contributed by atoms with van der Waals surface area (Å²) < 4.78 is 42.3. The maximum atomic E-state index is 14.2. The molecule has 2 aromatic carbocycles. The molecule has 0 unspecified atom stereocenters. The molecule has 0 spiro atoms. The van der Waals surface area contributed by atoms with E-state index in [2.05, 4.69) is 16.0 Å². The Kier molecular flexibility index (Phi) is 8.16. The fourth-order valence-electron chi connectivity index (χ4n) is 4.03. The molecule has 188 valence electrons. The second-order valence-electron chi connectivity index (χ2n) is 8.85. The highest BCUT2D eigenvalue weighted by Gasteiger charge is 2.40. The van der Waals surface area contributed by atoms with Crippen LogP contribution < -0.4 is 16.0 Å². The fraction of sp³-hybridized carbons (Fsp3) is 0.400. The van der Waals surface area contributed by atoms with Crippen LogP contribution in [0.3, 0.4) is 0 Å². The third-order valence-corrected chi connectivity index (χ3v) is 6.13. The summed E-state index contributed by atoms with van der Waals surface area (Å²) in [5.74, 6) is -4.55. The van der Waals surface area contributed by atoms with Crippen molar-refractivity contribution in [2.24, 2.45) is 5.92 Å². The van der Waals surface area contributed by atoms with Crippen molar-refractivity contribution < 1.29 is 27.6 Å². The first-order valence-electron chi connectivity index (χ1n) is 11.4. The van der Waals surface area contributed by atoms with Gasteiger partial charge in [-0.25, -0.2) is 13.2 Å². The zero-order valence-corrected chi connectivity index (χ0v) is 20.0. The molecule has 0 saturated heterocycles. The van der Waals surface area contributed by atoms with Gasteiger partial charge in [0, 0.05) is 6.54 Å². The lowest BCUT2D eigenvalue weighted by Crippen LogP contribution is -2.57. The van der Waals surface area contributed by atoms with Gasteiger partial charge in [-0.3, -0.25) is 14.4 Å². The molecular weight excluding hydrogens is 461 g/mol. The van der Waals surface area contributed by atoms with Crippen LogP contribution in [-0.4, -0.2) is 48.3 Å². The maximum Gasteiger partial charge on any atom is 0.251 e. The second kappa shape index (κ2) is 10.9. The number of fused-ring (bicyclic) bond motifs is 1. The maximum absolute atomic E-state index is 14.2. The summed E-state index contributed by atoms with van der Waals surface area (Å²) in [4.78, 5) is 40.8. The number of rotatable bonds is 7. The molecule has 0 aromatic heterocycles. The fourth-order valence-corrected chi connectivity index (χ4v) is 4.03. The van der Waals surface area contributed by atoms with Crippen molar-refractivity contribution in [3.63, 3.8) is 0 Å². The zero-order chi connectivity index (χ0) is 25.9. The number of benzene rings is 2. The van der Waals surface area contributed by atoms with Crippen LogP contribution in [0.15, 0.2) is 36.4 Å². The first kappa shape index (κ1) is 26.2. The quantitative estimate of drug-likeness (QED) is 0.557. The normalized spacial score (nSPS) is 16.9. The van der Waals surface area contributed by atoms with Crippen molar-refractivity contribution in [1.29, 1.82) is 0 Å². The zero-order valence-electron chi connectivity index (χ0n) is 20.0. The van der Waals surface area contributed by atoms with E-state index in [0.29, 0.717) is 11.1 Å². The standard InChI is InChI=1S/C25H29F3N4O3/c1-13(2)20(30-23(33)14(3)29-4)25(35)32-11-10-15-12-16(26)8-9-17(15)22(32)24(34)31-21-18(27)6-5-7-19(21)28/h5-9,12-14,20,22,29H,10-11H2,1-4H3,(H,30,33)(H,31,34)/t14-,20-,22+/m0/s1. The minimum atomic E-state index is -1.29. The first-order chi connectivity index (χ1) is 16.5. The molecule has 1 aliphatic rings. The number of nitrogens with one attached hydrogen (secondary N) is 3. The number of carbonyl (C=O) groups is 3. The van der Waals surface area contributed by atoms with E-state index in [1.165, 1.54) is 17.0 Å². The highest BCUT2D eigenvalue weighted by molar-refractivity contribution is 6.00. The Labute approximate surface area is 202 Å². The second-order valence-corrected chi connectivity index (χ2v) is 8.85. The summed E-state index contributed by atoms with van der Waals surface area (Å²) in [5, 5.41) is 7.77. The number of para-hydroxylation sites is 1. The number of anilines is 1. The Balaban J connectivity index is 2.00. The van der Waals surface area contributed by atoms with Gasteiger partial charge < -0.3 is 20.9 Å². The lowest BCUT2D eigenvalue weighted by Gasteiger charge is -2.39. The van der Waals surface area contributed by atoms with E-state index < -0.39 is 59.0 Å². The van der Waals surface area contributed by atoms with E-state index in [1.807, 2.05) is 0 Å². The van der Waals surface area contributed by atoms with Gasteiger partial charge in [0.2, 0.25) is 11.8 Å². The summed E-state index contributed by atoms with van der Waals surface area (Å²) in [7, 11) is 1.61. The summed E-state index contributed by atoms with van der Waals surface area (Å²) in [6.45, 7) is 5.20. The molecule has 0 bridgehead atoms. The molecule has 3 atom stereocenters. The van der Waals surface area contributed by atoms with Gasteiger partial charge in [0.25, 0.3) is 5.91 Å². The predicted molar refractivity (Wildman–Crippen MR) is 125 cm³/mol. The van der Waals surface area contributed by atoms with Crippen molar-refractivity contribution in [3.05, 3.63) is 65.0 Å². The third-order valence-electron chi connectivity index (χ3n) is 6.13. The van der Waals surface area contributed by atoms with Crippen molar-refractivity contribution >= 4 is 23.4 Å². The molecule has 10 heteroatoms. The molecule has 0 fully saturated rings. The van der Waals surface area contributed by atoms with Crippen molar-refractivity contribution in [3.8, 4) is 0 Å². The lowest BCUT2D eigenvalue weighted by molar-refractivity contribution is -0.144. The van der Waals surface area contributed by atoms with E-state index in [-0.39, 0.29) is 18.9 Å². The Hall–Kier alpha value is -3.40. The number of nitrogens with zero attached hydrogens (tertiary/aromatic N) is 1. The Bertz CT molecular complexity index is 1100. The smallest absolute Gasteiger partial charge is 0.251 e. The number of hydrogen-bond donors (Lipinski definition) is 3. The van der Waals surface area contributed by atoms with Crippen molar-refractivity contribution in [1.82, 2.24) is 15.5 Å². The largest absolute Gasteiger partial charge is 0.343 e. The van der Waals surface area contributed by atoms with E-state index in [0.717, 1.165) is 24.3 Å². The minimum absolute atomic E-state index is 0.0494. The van der Waals surface area contributed by atoms with Gasteiger partial charge in [-0.2, -0.15) is 0 Å². The Morgan fingerprint density at radius 1 is 1.03 bits per heavy atom. The van der Waals surface area contributed by atoms with Crippen LogP contribution in [0.5, 0.6) is 0 Å². The van der Waals surface area contributed by atoms with E-state index in [4.69, 9.17) is 0 Å². The molecule has 0 radical (unpaired) electrons. The summed E-state index contributed by atoms with van der Waals surface area (Å²) in [6, 6.07) is 4.18. The van der Waals surface area contributed by atoms with Gasteiger partial charge in [0.05, 0.1) is 6.04 Å². The van der Waals surface area contributed by atoms with Gasteiger partial charge in [0.1, 0.15) is 35.2 Å². The van der Waals surface area contributed by atoms with Crippen molar-refractivity contribution in [2.45, 2.75) is 45.3 Å². The summed E-state index contributed by atoms with van der Waals surface area (Å²) in [6.07, 6.45) is 0.266. The van der Waals surface area contributed by atoms with Gasteiger partial charge in [-0.05, 0) is 61.7 Å². The number of amides is 3. The number of likely N-dealkylation sites (N-methyl/N-ethyl adjacent to an activating group) is 1. The number of hydrogen-bond acceptors (Lipinski definition) is 4.